The summed E-state index contributed by atoms with van der Waals surface area (Å²) in [6.45, 7) is 16.9. The van der Waals surface area contributed by atoms with Crippen molar-refractivity contribution in [1.29, 1.82) is 0 Å². The van der Waals surface area contributed by atoms with E-state index in [9.17, 15) is 0 Å². The van der Waals surface area contributed by atoms with Crippen LogP contribution in [0.25, 0.3) is 0 Å². The molecule has 0 aromatic rings. The molecule has 0 bridgehead atoms. The standard InChI is InChI=1S/C11H25IOSi/c1-9(10(2)12)8-13-14(6,7)11(3,4)5/h9-10H,8H2,1-7H3/t9-,10+/m0/s1. The molecule has 0 fully saturated rings. The molecule has 0 heterocycles. The molecule has 2 atom stereocenters. The second-order valence-electron chi connectivity index (χ2n) is 5.73. The van der Waals surface area contributed by atoms with Crippen LogP contribution >= 0.6 is 22.6 Å². The van der Waals surface area contributed by atoms with Crippen molar-refractivity contribution in [1.82, 2.24) is 0 Å². The molecule has 0 aliphatic heterocycles. The van der Waals surface area contributed by atoms with E-state index in [0.717, 1.165) is 6.61 Å². The Morgan fingerprint density at radius 2 is 1.64 bits per heavy atom. The molecule has 0 aliphatic carbocycles. The maximum atomic E-state index is 6.15. The fourth-order valence-electron chi connectivity index (χ4n) is 0.689. The molecule has 0 saturated carbocycles. The van der Waals surface area contributed by atoms with Crippen molar-refractivity contribution >= 4 is 30.9 Å². The first-order valence-corrected chi connectivity index (χ1v) is 9.51. The minimum atomic E-state index is -1.52. The van der Waals surface area contributed by atoms with Crippen LogP contribution < -0.4 is 0 Å². The molecule has 0 unspecified atom stereocenters. The zero-order valence-electron chi connectivity index (χ0n) is 10.6. The van der Waals surface area contributed by atoms with Gasteiger partial charge in [-0.3, -0.25) is 0 Å². The van der Waals surface area contributed by atoms with Crippen LogP contribution in [0.4, 0.5) is 0 Å². The summed E-state index contributed by atoms with van der Waals surface area (Å²) in [7, 11) is -1.52. The summed E-state index contributed by atoms with van der Waals surface area (Å²) >= 11 is 2.48. The van der Waals surface area contributed by atoms with Gasteiger partial charge in [-0.2, -0.15) is 0 Å². The first-order chi connectivity index (χ1) is 6.08. The lowest BCUT2D eigenvalue weighted by molar-refractivity contribution is 0.240. The number of rotatable bonds is 4. The molecule has 14 heavy (non-hydrogen) atoms. The van der Waals surface area contributed by atoms with Crippen molar-refractivity contribution in [2.75, 3.05) is 6.61 Å². The highest BCUT2D eigenvalue weighted by molar-refractivity contribution is 14.1. The summed E-state index contributed by atoms with van der Waals surface area (Å²) in [6.07, 6.45) is 0. The molecular formula is C11H25IOSi. The summed E-state index contributed by atoms with van der Waals surface area (Å²) in [5.41, 5.74) is 0. The van der Waals surface area contributed by atoms with Gasteiger partial charge < -0.3 is 4.43 Å². The SMILES string of the molecule is C[C@@H](I)[C@@H](C)CO[Si](C)(C)C(C)(C)C. The summed E-state index contributed by atoms with van der Waals surface area (Å²) in [5, 5.41) is 0.335. The van der Waals surface area contributed by atoms with Crippen LogP contribution in [0.2, 0.25) is 18.1 Å². The Balaban J connectivity index is 4.13. The highest BCUT2D eigenvalue weighted by Gasteiger charge is 2.37. The van der Waals surface area contributed by atoms with Gasteiger partial charge in [-0.25, -0.2) is 0 Å². The highest BCUT2D eigenvalue weighted by Crippen LogP contribution is 2.37. The van der Waals surface area contributed by atoms with Gasteiger partial charge in [-0.1, -0.05) is 57.2 Å². The fraction of sp³-hybridized carbons (Fsp3) is 1.00. The van der Waals surface area contributed by atoms with Crippen molar-refractivity contribution < 1.29 is 4.43 Å². The maximum Gasteiger partial charge on any atom is 0.191 e. The molecular weight excluding hydrogens is 303 g/mol. The second kappa shape index (κ2) is 5.30. The molecule has 0 amide bonds. The average Bonchev–Trinajstić information content (AvgIpc) is 1.97. The Hall–Kier alpha value is 0.907. The Labute approximate surface area is 104 Å². The van der Waals surface area contributed by atoms with E-state index < -0.39 is 8.32 Å². The first kappa shape index (κ1) is 14.9. The fourth-order valence-corrected chi connectivity index (χ4v) is 2.01. The highest BCUT2D eigenvalue weighted by atomic mass is 127. The van der Waals surface area contributed by atoms with E-state index in [1.165, 1.54) is 0 Å². The lowest BCUT2D eigenvalue weighted by atomic mass is 10.1. The van der Waals surface area contributed by atoms with Crippen LogP contribution in [-0.4, -0.2) is 18.8 Å². The van der Waals surface area contributed by atoms with Crippen molar-refractivity contribution in [3.05, 3.63) is 0 Å². The van der Waals surface area contributed by atoms with Crippen LogP contribution in [0.5, 0.6) is 0 Å². The van der Waals surface area contributed by atoms with Crippen LogP contribution in [0.15, 0.2) is 0 Å². The molecule has 0 N–H and O–H groups in total. The van der Waals surface area contributed by atoms with E-state index >= 15 is 0 Å². The predicted octanol–water partition coefficient (Wildman–Crippen LogP) is 4.47. The molecule has 0 aliphatic rings. The molecule has 0 aromatic carbocycles. The quantitative estimate of drug-likeness (QED) is 0.420. The van der Waals surface area contributed by atoms with Gasteiger partial charge in [0.05, 0.1) is 0 Å². The van der Waals surface area contributed by atoms with E-state index in [4.69, 9.17) is 4.43 Å². The number of hydrogen-bond acceptors (Lipinski definition) is 1. The maximum absolute atomic E-state index is 6.15. The summed E-state index contributed by atoms with van der Waals surface area (Å²) in [5.74, 6) is 0.657. The van der Waals surface area contributed by atoms with Gasteiger partial charge in [0.2, 0.25) is 0 Å². The smallest absolute Gasteiger partial charge is 0.191 e. The summed E-state index contributed by atoms with van der Waals surface area (Å²) in [6, 6.07) is 0. The Bertz CT molecular complexity index is 173. The molecule has 0 rings (SSSR count). The van der Waals surface area contributed by atoms with Gasteiger partial charge in [0.1, 0.15) is 0 Å². The van der Waals surface area contributed by atoms with Crippen LogP contribution in [0.1, 0.15) is 34.6 Å². The van der Waals surface area contributed by atoms with Crippen LogP contribution in [0, 0.1) is 5.92 Å². The van der Waals surface area contributed by atoms with E-state index in [0.29, 0.717) is 14.9 Å². The van der Waals surface area contributed by atoms with Crippen molar-refractivity contribution in [3.63, 3.8) is 0 Å². The molecule has 0 radical (unpaired) electrons. The van der Waals surface area contributed by atoms with E-state index in [1.54, 1.807) is 0 Å². The Morgan fingerprint density at radius 3 is 1.93 bits per heavy atom. The van der Waals surface area contributed by atoms with Gasteiger partial charge in [0, 0.05) is 10.5 Å². The van der Waals surface area contributed by atoms with Crippen molar-refractivity contribution in [2.45, 2.75) is 56.7 Å². The zero-order valence-corrected chi connectivity index (χ0v) is 13.8. The zero-order chi connectivity index (χ0) is 11.6. The van der Waals surface area contributed by atoms with Gasteiger partial charge in [-0.05, 0) is 24.1 Å². The van der Waals surface area contributed by atoms with Crippen molar-refractivity contribution in [2.24, 2.45) is 5.92 Å². The predicted molar refractivity (Wildman–Crippen MR) is 75.8 cm³/mol. The van der Waals surface area contributed by atoms with E-state index in [2.05, 4.69) is 70.3 Å². The largest absolute Gasteiger partial charge is 0.417 e. The molecule has 3 heteroatoms. The van der Waals surface area contributed by atoms with E-state index in [-0.39, 0.29) is 0 Å². The molecule has 0 saturated heterocycles. The van der Waals surface area contributed by atoms with Crippen LogP contribution in [-0.2, 0) is 4.43 Å². The van der Waals surface area contributed by atoms with Crippen molar-refractivity contribution in [3.8, 4) is 0 Å². The average molecular weight is 328 g/mol. The lowest BCUT2D eigenvalue weighted by Crippen LogP contribution is -2.42. The first-order valence-electron chi connectivity index (χ1n) is 5.36. The summed E-state index contributed by atoms with van der Waals surface area (Å²) < 4.78 is 6.84. The number of alkyl halides is 1. The van der Waals surface area contributed by atoms with Gasteiger partial charge in [0.15, 0.2) is 8.32 Å². The molecule has 1 nitrogen and oxygen atoms in total. The topological polar surface area (TPSA) is 9.23 Å². The van der Waals surface area contributed by atoms with Gasteiger partial charge in [-0.15, -0.1) is 0 Å². The molecule has 0 aromatic heterocycles. The lowest BCUT2D eigenvalue weighted by Gasteiger charge is -2.37. The number of halogens is 1. The third kappa shape index (κ3) is 4.62. The second-order valence-corrected chi connectivity index (χ2v) is 12.5. The summed E-state index contributed by atoms with van der Waals surface area (Å²) in [4.78, 5) is 0. The van der Waals surface area contributed by atoms with E-state index in [1.807, 2.05) is 0 Å². The normalized spacial score (nSPS) is 18.0. The Morgan fingerprint density at radius 1 is 1.21 bits per heavy atom. The third-order valence-corrected chi connectivity index (χ3v) is 9.03. The number of hydrogen-bond donors (Lipinski definition) is 0. The monoisotopic (exact) mass is 328 g/mol. The van der Waals surface area contributed by atoms with Gasteiger partial charge >= 0.3 is 0 Å². The minimum absolute atomic E-state index is 0.335. The minimum Gasteiger partial charge on any atom is -0.417 e. The molecule has 86 valence electrons. The Kier molecular flexibility index (Phi) is 5.64. The third-order valence-electron chi connectivity index (χ3n) is 3.30. The van der Waals surface area contributed by atoms with Crippen LogP contribution in [0.3, 0.4) is 0 Å². The molecule has 0 spiro atoms. The van der Waals surface area contributed by atoms with Gasteiger partial charge in [0.25, 0.3) is 0 Å².